The molecule has 8 heteroatoms. The van der Waals surface area contributed by atoms with Crippen molar-refractivity contribution in [2.45, 2.75) is 31.4 Å². The van der Waals surface area contributed by atoms with E-state index >= 15 is 0 Å². The topological polar surface area (TPSA) is 82.8 Å². The van der Waals surface area contributed by atoms with Crippen LogP contribution in [-0.4, -0.2) is 34.4 Å². The lowest BCUT2D eigenvalue weighted by Crippen LogP contribution is -2.43. The number of anilines is 1. The number of likely N-dealkylation sites (tertiary alicyclic amines) is 1. The van der Waals surface area contributed by atoms with Gasteiger partial charge in [-0.2, -0.15) is 0 Å². The molecular weight excluding hydrogens is 407 g/mol. The van der Waals surface area contributed by atoms with Crippen LogP contribution in [0.2, 0.25) is 0 Å². The zero-order chi connectivity index (χ0) is 18.7. The number of rotatable bonds is 4. The lowest BCUT2D eigenvalue weighted by Gasteiger charge is -2.25. The first-order chi connectivity index (χ1) is 12.5. The summed E-state index contributed by atoms with van der Waals surface area (Å²) >= 11 is 3.20. The van der Waals surface area contributed by atoms with Crippen molar-refractivity contribution in [2.75, 3.05) is 11.9 Å². The van der Waals surface area contributed by atoms with Gasteiger partial charge in [0.25, 0.3) is 0 Å². The standard InChI is InChI=1S/C18H18BrFN2O4/c19-11-5-6-13(20)14(9-11)21-17(24)18(25)22-7-1-3-12(22)10-15(23)16-4-2-8-26-16/h2,4-6,8-9,12,15,23H,1,3,7,10H2,(H,21,24)/t12-,15-/m0/s1. The van der Waals surface area contributed by atoms with E-state index in [9.17, 15) is 19.1 Å². The van der Waals surface area contributed by atoms with Crippen molar-refractivity contribution in [2.24, 2.45) is 0 Å². The summed E-state index contributed by atoms with van der Waals surface area (Å²) in [6.45, 7) is 0.419. The number of nitrogens with zero attached hydrogens (tertiary/aromatic N) is 1. The van der Waals surface area contributed by atoms with Gasteiger partial charge >= 0.3 is 11.8 Å². The molecule has 2 heterocycles. The number of hydrogen-bond donors (Lipinski definition) is 2. The highest BCUT2D eigenvalue weighted by molar-refractivity contribution is 9.10. The number of hydrogen-bond acceptors (Lipinski definition) is 4. The number of nitrogens with one attached hydrogen (secondary N) is 1. The lowest BCUT2D eigenvalue weighted by molar-refractivity contribution is -0.144. The highest BCUT2D eigenvalue weighted by atomic mass is 79.9. The van der Waals surface area contributed by atoms with E-state index in [2.05, 4.69) is 21.2 Å². The monoisotopic (exact) mass is 424 g/mol. The molecule has 2 aromatic rings. The zero-order valence-electron chi connectivity index (χ0n) is 13.8. The van der Waals surface area contributed by atoms with E-state index in [0.29, 0.717) is 23.2 Å². The van der Waals surface area contributed by atoms with Gasteiger partial charge in [-0.1, -0.05) is 15.9 Å². The van der Waals surface area contributed by atoms with Gasteiger partial charge in [-0.05, 0) is 43.2 Å². The van der Waals surface area contributed by atoms with Crippen LogP contribution in [0.15, 0.2) is 45.5 Å². The molecule has 26 heavy (non-hydrogen) atoms. The van der Waals surface area contributed by atoms with Crippen molar-refractivity contribution in [3.05, 3.63) is 52.6 Å². The minimum absolute atomic E-state index is 0.0657. The van der Waals surface area contributed by atoms with Crippen LogP contribution in [-0.2, 0) is 9.59 Å². The fourth-order valence-corrected chi connectivity index (χ4v) is 3.46. The van der Waals surface area contributed by atoms with Crippen LogP contribution in [0.3, 0.4) is 0 Å². The Kier molecular flexibility index (Phi) is 5.73. The Morgan fingerprint density at radius 2 is 2.23 bits per heavy atom. The van der Waals surface area contributed by atoms with Gasteiger partial charge in [0.05, 0.1) is 12.0 Å². The van der Waals surface area contributed by atoms with E-state index in [1.807, 2.05) is 0 Å². The molecule has 0 aliphatic carbocycles. The minimum Gasteiger partial charge on any atom is -0.467 e. The summed E-state index contributed by atoms with van der Waals surface area (Å²) in [6, 6.07) is 7.15. The van der Waals surface area contributed by atoms with Crippen molar-refractivity contribution < 1.29 is 23.5 Å². The maximum atomic E-state index is 13.8. The van der Waals surface area contributed by atoms with Gasteiger partial charge in [-0.25, -0.2) is 4.39 Å². The predicted octanol–water partition coefficient (Wildman–Crippen LogP) is 3.23. The molecule has 0 saturated carbocycles. The molecule has 0 bridgehead atoms. The Balaban J connectivity index is 1.65. The summed E-state index contributed by atoms with van der Waals surface area (Å²) in [5.41, 5.74) is -0.0657. The molecule has 3 rings (SSSR count). The molecule has 1 aromatic heterocycles. The highest BCUT2D eigenvalue weighted by Crippen LogP contribution is 2.28. The van der Waals surface area contributed by atoms with Gasteiger partial charge in [0.15, 0.2) is 0 Å². The number of aliphatic hydroxyl groups is 1. The van der Waals surface area contributed by atoms with E-state index in [-0.39, 0.29) is 18.2 Å². The van der Waals surface area contributed by atoms with Crippen molar-refractivity contribution in [3.63, 3.8) is 0 Å². The fourth-order valence-electron chi connectivity index (χ4n) is 3.10. The van der Waals surface area contributed by atoms with Gasteiger partial charge < -0.3 is 19.7 Å². The molecule has 138 valence electrons. The first-order valence-electron chi connectivity index (χ1n) is 8.24. The molecule has 2 atom stereocenters. The Morgan fingerprint density at radius 1 is 1.42 bits per heavy atom. The van der Waals surface area contributed by atoms with Gasteiger partial charge in [0, 0.05) is 23.5 Å². The van der Waals surface area contributed by atoms with Crippen LogP contribution in [0.1, 0.15) is 31.1 Å². The van der Waals surface area contributed by atoms with Crippen molar-refractivity contribution in [1.82, 2.24) is 4.90 Å². The molecule has 1 aliphatic heterocycles. The van der Waals surface area contributed by atoms with E-state index in [1.54, 1.807) is 12.1 Å². The third-order valence-electron chi connectivity index (χ3n) is 4.38. The predicted molar refractivity (Wildman–Crippen MR) is 95.7 cm³/mol. The molecule has 2 N–H and O–H groups in total. The Bertz CT molecular complexity index is 796. The average molecular weight is 425 g/mol. The minimum atomic E-state index is -0.901. The first-order valence-corrected chi connectivity index (χ1v) is 9.03. The van der Waals surface area contributed by atoms with Crippen LogP contribution in [0.25, 0.3) is 0 Å². The quantitative estimate of drug-likeness (QED) is 0.737. The van der Waals surface area contributed by atoms with Gasteiger partial charge in [0.1, 0.15) is 17.7 Å². The summed E-state index contributed by atoms with van der Waals surface area (Å²) in [5.74, 6) is -1.84. The number of benzene rings is 1. The van der Waals surface area contributed by atoms with Crippen molar-refractivity contribution in [1.29, 1.82) is 0 Å². The average Bonchev–Trinajstić information content (AvgIpc) is 3.29. The van der Waals surface area contributed by atoms with Crippen LogP contribution in [0, 0.1) is 5.82 Å². The van der Waals surface area contributed by atoms with Crippen LogP contribution in [0.4, 0.5) is 10.1 Å². The molecule has 1 aliphatic rings. The number of carbonyl (C=O) groups excluding carboxylic acids is 2. The largest absolute Gasteiger partial charge is 0.467 e. The number of carbonyl (C=O) groups is 2. The number of halogens is 2. The molecule has 0 spiro atoms. The molecule has 0 radical (unpaired) electrons. The van der Waals surface area contributed by atoms with Gasteiger partial charge in [0.2, 0.25) is 0 Å². The SMILES string of the molecule is O=C(Nc1cc(Br)ccc1F)C(=O)N1CCC[C@H]1C[C@H](O)c1ccco1. The van der Waals surface area contributed by atoms with E-state index in [4.69, 9.17) is 4.42 Å². The maximum absolute atomic E-state index is 13.8. The maximum Gasteiger partial charge on any atom is 0.313 e. The van der Waals surface area contributed by atoms with E-state index in [0.717, 1.165) is 6.42 Å². The molecule has 1 fully saturated rings. The highest BCUT2D eigenvalue weighted by Gasteiger charge is 2.34. The third-order valence-corrected chi connectivity index (χ3v) is 4.87. The normalized spacial score (nSPS) is 18.0. The first kappa shape index (κ1) is 18.6. The summed E-state index contributed by atoms with van der Waals surface area (Å²) in [4.78, 5) is 26.2. The molecule has 1 saturated heterocycles. The Morgan fingerprint density at radius 3 is 2.96 bits per heavy atom. The lowest BCUT2D eigenvalue weighted by atomic mass is 10.1. The smallest absolute Gasteiger partial charge is 0.313 e. The van der Waals surface area contributed by atoms with Crippen LogP contribution >= 0.6 is 15.9 Å². The number of amides is 2. The van der Waals surface area contributed by atoms with E-state index in [1.165, 1.54) is 29.4 Å². The van der Waals surface area contributed by atoms with Gasteiger partial charge in [-0.15, -0.1) is 0 Å². The second kappa shape index (κ2) is 8.01. The fraction of sp³-hybridized carbons (Fsp3) is 0.333. The summed E-state index contributed by atoms with van der Waals surface area (Å²) in [7, 11) is 0. The molecule has 6 nitrogen and oxygen atoms in total. The van der Waals surface area contributed by atoms with Crippen molar-refractivity contribution >= 4 is 33.4 Å². The van der Waals surface area contributed by atoms with Crippen LogP contribution in [0.5, 0.6) is 0 Å². The third kappa shape index (κ3) is 4.13. The molecule has 2 amide bonds. The van der Waals surface area contributed by atoms with E-state index < -0.39 is 23.7 Å². The molecular formula is C18H18BrFN2O4. The second-order valence-corrected chi connectivity index (χ2v) is 7.06. The Hall–Kier alpha value is -2.19. The number of furan rings is 1. The summed E-state index contributed by atoms with van der Waals surface area (Å²) in [5, 5.41) is 12.5. The molecule has 0 unspecified atom stereocenters. The van der Waals surface area contributed by atoms with Gasteiger partial charge in [-0.3, -0.25) is 9.59 Å². The Labute approximate surface area is 158 Å². The summed E-state index contributed by atoms with van der Waals surface area (Å²) in [6.07, 6.45) is 2.31. The molecule has 1 aromatic carbocycles. The summed E-state index contributed by atoms with van der Waals surface area (Å²) < 4.78 is 19.5. The van der Waals surface area contributed by atoms with Crippen molar-refractivity contribution in [3.8, 4) is 0 Å². The zero-order valence-corrected chi connectivity index (χ0v) is 15.4. The second-order valence-electron chi connectivity index (χ2n) is 6.14. The number of aliphatic hydroxyl groups excluding tert-OH is 1. The van der Waals surface area contributed by atoms with Crippen LogP contribution < -0.4 is 5.32 Å².